The molecule has 2 aromatic heterocycles. The Labute approximate surface area is 149 Å². The highest BCUT2D eigenvalue weighted by Crippen LogP contribution is 2.29. The molecule has 4 rings (SSSR count). The fraction of sp³-hybridized carbons (Fsp3) is 0.150. The number of nitriles is 1. The normalized spacial score (nSPS) is 11.1. The Hall–Kier alpha value is -3.59. The second-order valence-corrected chi connectivity index (χ2v) is 6.19. The van der Waals surface area contributed by atoms with Gasteiger partial charge in [-0.05, 0) is 30.7 Å². The van der Waals surface area contributed by atoms with Crippen LogP contribution in [0.1, 0.15) is 18.9 Å². The third-order valence-electron chi connectivity index (χ3n) is 4.51. The Morgan fingerprint density at radius 2 is 2.08 bits per heavy atom. The summed E-state index contributed by atoms with van der Waals surface area (Å²) in [6.45, 7) is 2.63. The molecule has 6 nitrogen and oxygen atoms in total. The number of hydrogen-bond donors (Lipinski definition) is 2. The number of nitrogens with one attached hydrogen (secondary N) is 1. The maximum absolute atomic E-state index is 13.2. The molecule has 0 aliphatic carbocycles. The summed E-state index contributed by atoms with van der Waals surface area (Å²) in [5, 5.41) is 9.89. The third kappa shape index (κ3) is 2.33. The first-order chi connectivity index (χ1) is 12.6. The first kappa shape index (κ1) is 15.9. The molecule has 0 aliphatic heterocycles. The summed E-state index contributed by atoms with van der Waals surface area (Å²) in [4.78, 5) is 20.8. The van der Waals surface area contributed by atoms with Gasteiger partial charge in [-0.2, -0.15) is 5.26 Å². The number of H-pyrrole nitrogens is 1. The van der Waals surface area contributed by atoms with Gasteiger partial charge in [0.15, 0.2) is 0 Å². The van der Waals surface area contributed by atoms with Crippen LogP contribution in [0.5, 0.6) is 0 Å². The van der Waals surface area contributed by atoms with Crippen molar-refractivity contribution >= 4 is 27.6 Å². The van der Waals surface area contributed by atoms with Crippen LogP contribution in [-0.2, 0) is 6.54 Å². The number of imidazole rings is 1. The van der Waals surface area contributed by atoms with Crippen molar-refractivity contribution in [1.82, 2.24) is 14.5 Å². The minimum Gasteiger partial charge on any atom is -0.397 e. The monoisotopic (exact) mass is 343 g/mol. The topological polar surface area (TPSA) is 100 Å². The Bertz CT molecular complexity index is 1240. The molecule has 0 fully saturated rings. The van der Waals surface area contributed by atoms with Crippen molar-refractivity contribution in [2.75, 3.05) is 5.73 Å². The van der Waals surface area contributed by atoms with E-state index in [4.69, 9.17) is 11.0 Å². The lowest BCUT2D eigenvalue weighted by atomic mass is 10.1. The number of aromatic amines is 1. The van der Waals surface area contributed by atoms with E-state index < -0.39 is 0 Å². The minimum absolute atomic E-state index is 0.164. The molecular formula is C20H17N5O. The van der Waals surface area contributed by atoms with Crippen molar-refractivity contribution in [3.8, 4) is 17.5 Å². The van der Waals surface area contributed by atoms with Crippen LogP contribution in [0.2, 0.25) is 0 Å². The summed E-state index contributed by atoms with van der Waals surface area (Å²) in [6, 6.07) is 14.9. The number of aryl methyl sites for hydroxylation is 1. The zero-order valence-corrected chi connectivity index (χ0v) is 14.3. The maximum Gasteiger partial charge on any atom is 0.264 e. The summed E-state index contributed by atoms with van der Waals surface area (Å²) in [5.41, 5.74) is 9.73. The van der Waals surface area contributed by atoms with E-state index in [1.165, 1.54) is 0 Å². The van der Waals surface area contributed by atoms with Gasteiger partial charge in [0.05, 0.1) is 33.9 Å². The van der Waals surface area contributed by atoms with Crippen molar-refractivity contribution in [3.63, 3.8) is 0 Å². The zero-order valence-electron chi connectivity index (χ0n) is 14.3. The van der Waals surface area contributed by atoms with E-state index in [2.05, 4.69) is 16.0 Å². The van der Waals surface area contributed by atoms with Gasteiger partial charge in [-0.1, -0.05) is 25.1 Å². The molecule has 128 valence electrons. The van der Waals surface area contributed by atoms with Gasteiger partial charge in [-0.25, -0.2) is 4.98 Å². The number of nitrogens with two attached hydrogens (primary N) is 1. The predicted octanol–water partition coefficient (Wildman–Crippen LogP) is 3.41. The van der Waals surface area contributed by atoms with Crippen molar-refractivity contribution in [3.05, 3.63) is 58.4 Å². The lowest BCUT2D eigenvalue weighted by Crippen LogP contribution is -2.24. The number of nitrogen functional groups attached to an aromatic ring is 1. The van der Waals surface area contributed by atoms with Crippen LogP contribution in [0.15, 0.2) is 47.3 Å². The van der Waals surface area contributed by atoms with Gasteiger partial charge in [0, 0.05) is 11.9 Å². The Morgan fingerprint density at radius 1 is 1.27 bits per heavy atom. The van der Waals surface area contributed by atoms with Crippen LogP contribution in [0.25, 0.3) is 33.3 Å². The number of nitrogens with zero attached hydrogens (tertiary/aromatic N) is 3. The molecule has 0 atom stereocenters. The number of fused-ring (bicyclic) bond motifs is 2. The number of hydrogen-bond acceptors (Lipinski definition) is 4. The van der Waals surface area contributed by atoms with E-state index in [9.17, 15) is 4.79 Å². The quantitative estimate of drug-likeness (QED) is 0.595. The van der Waals surface area contributed by atoms with E-state index in [-0.39, 0.29) is 5.56 Å². The van der Waals surface area contributed by atoms with Crippen LogP contribution < -0.4 is 11.3 Å². The SMILES string of the molecule is CCCn1c(=O)c(-c2nc3ccc(C#N)cc3[nH]2)c(N)c2ccccc21. The van der Waals surface area contributed by atoms with Crippen LogP contribution >= 0.6 is 0 Å². The molecule has 2 aromatic carbocycles. The van der Waals surface area contributed by atoms with Crippen LogP contribution in [0, 0.1) is 11.3 Å². The van der Waals surface area contributed by atoms with Gasteiger partial charge < -0.3 is 15.3 Å². The first-order valence-corrected chi connectivity index (χ1v) is 8.45. The third-order valence-corrected chi connectivity index (χ3v) is 4.51. The Kier molecular flexibility index (Phi) is 3.70. The molecule has 0 saturated carbocycles. The highest BCUT2D eigenvalue weighted by atomic mass is 16.1. The highest BCUT2D eigenvalue weighted by molar-refractivity contribution is 5.98. The van der Waals surface area contributed by atoms with Gasteiger partial charge in [0.1, 0.15) is 11.4 Å². The molecule has 3 N–H and O–H groups in total. The van der Waals surface area contributed by atoms with E-state index in [1.54, 1.807) is 22.8 Å². The van der Waals surface area contributed by atoms with Crippen LogP contribution in [0.4, 0.5) is 5.69 Å². The average molecular weight is 343 g/mol. The second-order valence-electron chi connectivity index (χ2n) is 6.19. The average Bonchev–Trinajstić information content (AvgIpc) is 3.07. The molecule has 26 heavy (non-hydrogen) atoms. The molecule has 2 heterocycles. The molecule has 4 aromatic rings. The molecule has 0 radical (unpaired) electrons. The fourth-order valence-electron chi connectivity index (χ4n) is 3.30. The molecule has 0 bridgehead atoms. The molecule has 0 saturated heterocycles. The molecular weight excluding hydrogens is 326 g/mol. The fourth-order valence-corrected chi connectivity index (χ4v) is 3.30. The van der Waals surface area contributed by atoms with Gasteiger partial charge >= 0.3 is 0 Å². The van der Waals surface area contributed by atoms with Gasteiger partial charge in [0.2, 0.25) is 0 Å². The lowest BCUT2D eigenvalue weighted by Gasteiger charge is -2.14. The van der Waals surface area contributed by atoms with Gasteiger partial charge in [-0.3, -0.25) is 4.79 Å². The molecule has 0 spiro atoms. The van der Waals surface area contributed by atoms with Crippen LogP contribution in [0.3, 0.4) is 0 Å². The number of aromatic nitrogens is 3. The molecule has 0 unspecified atom stereocenters. The smallest absolute Gasteiger partial charge is 0.264 e. The standard InChI is InChI=1S/C20H17N5O/c1-2-9-25-16-6-4-3-5-13(16)18(22)17(20(25)26)19-23-14-8-7-12(11-21)10-15(14)24-19/h3-8,10H,2,9,22H2,1H3,(H,23,24). The second kappa shape index (κ2) is 6.05. The predicted molar refractivity (Wildman–Crippen MR) is 103 cm³/mol. The molecule has 0 aliphatic rings. The summed E-state index contributed by atoms with van der Waals surface area (Å²) in [5.74, 6) is 0.424. The minimum atomic E-state index is -0.164. The maximum atomic E-state index is 13.2. The first-order valence-electron chi connectivity index (χ1n) is 8.45. The van der Waals surface area contributed by atoms with Crippen molar-refractivity contribution in [1.29, 1.82) is 5.26 Å². The number of rotatable bonds is 3. The van der Waals surface area contributed by atoms with E-state index in [0.717, 1.165) is 17.3 Å². The van der Waals surface area contributed by atoms with E-state index in [1.807, 2.05) is 31.2 Å². The van der Waals surface area contributed by atoms with E-state index >= 15 is 0 Å². The summed E-state index contributed by atoms with van der Waals surface area (Å²) in [7, 11) is 0. The zero-order chi connectivity index (χ0) is 18.3. The van der Waals surface area contributed by atoms with Gasteiger partial charge in [0.25, 0.3) is 5.56 Å². The number of benzene rings is 2. The Balaban J connectivity index is 2.05. The van der Waals surface area contributed by atoms with Crippen molar-refractivity contribution < 1.29 is 0 Å². The Morgan fingerprint density at radius 3 is 2.85 bits per heavy atom. The van der Waals surface area contributed by atoms with Crippen molar-refractivity contribution in [2.24, 2.45) is 0 Å². The highest BCUT2D eigenvalue weighted by Gasteiger charge is 2.18. The number of anilines is 1. The largest absolute Gasteiger partial charge is 0.397 e. The summed E-state index contributed by atoms with van der Waals surface area (Å²) < 4.78 is 1.74. The summed E-state index contributed by atoms with van der Waals surface area (Å²) in [6.07, 6.45) is 0.832. The lowest BCUT2D eigenvalue weighted by molar-refractivity contribution is 0.679. The number of para-hydroxylation sites is 1. The molecule has 0 amide bonds. The number of pyridine rings is 1. The summed E-state index contributed by atoms with van der Waals surface area (Å²) >= 11 is 0. The van der Waals surface area contributed by atoms with Crippen LogP contribution in [-0.4, -0.2) is 14.5 Å². The van der Waals surface area contributed by atoms with Crippen molar-refractivity contribution in [2.45, 2.75) is 19.9 Å². The van der Waals surface area contributed by atoms with E-state index in [0.29, 0.717) is 40.2 Å². The van der Waals surface area contributed by atoms with Gasteiger partial charge in [-0.15, -0.1) is 0 Å². The molecule has 6 heteroatoms.